The first-order valence-electron chi connectivity index (χ1n) is 5.42. The predicted molar refractivity (Wildman–Crippen MR) is 59.3 cm³/mol. The lowest BCUT2D eigenvalue weighted by Gasteiger charge is -2.19. The fourth-order valence-electron chi connectivity index (χ4n) is 1.87. The molecule has 0 bridgehead atoms. The molecule has 1 aliphatic rings. The van der Waals surface area contributed by atoms with Gasteiger partial charge in [-0.15, -0.1) is 0 Å². The van der Waals surface area contributed by atoms with Gasteiger partial charge in [-0.3, -0.25) is 14.5 Å². The molecule has 0 spiro atoms. The van der Waals surface area contributed by atoms with Crippen LogP contribution < -0.4 is 5.73 Å². The number of hydrogen-bond acceptors (Lipinski definition) is 3. The summed E-state index contributed by atoms with van der Waals surface area (Å²) in [5.74, 6) is -0.791. The second-order valence-corrected chi connectivity index (χ2v) is 4.06. The van der Waals surface area contributed by atoms with Crippen molar-refractivity contribution in [2.75, 3.05) is 6.54 Å². The molecule has 90 valence electrons. The van der Waals surface area contributed by atoms with E-state index >= 15 is 0 Å². The minimum absolute atomic E-state index is 0.112. The lowest BCUT2D eigenvalue weighted by molar-refractivity contribution is -0.138. The molecule has 0 saturated carbocycles. The molecule has 17 heavy (non-hydrogen) atoms. The van der Waals surface area contributed by atoms with E-state index in [1.165, 1.54) is 12.1 Å². The zero-order chi connectivity index (χ0) is 12.4. The first-order valence-corrected chi connectivity index (χ1v) is 5.42. The number of imide groups is 1. The normalized spacial score (nSPS) is 17.6. The van der Waals surface area contributed by atoms with Gasteiger partial charge in [-0.05, 0) is 17.7 Å². The number of carbonyl (C=O) groups excluding carboxylic acids is 2. The van der Waals surface area contributed by atoms with Crippen molar-refractivity contribution in [1.29, 1.82) is 0 Å². The van der Waals surface area contributed by atoms with Gasteiger partial charge in [0.05, 0.1) is 0 Å². The van der Waals surface area contributed by atoms with Crippen LogP contribution in [0.25, 0.3) is 0 Å². The Kier molecular flexibility index (Phi) is 3.19. The smallest absolute Gasteiger partial charge is 0.229 e. The zero-order valence-corrected chi connectivity index (χ0v) is 9.23. The number of carbonyl (C=O) groups is 2. The van der Waals surface area contributed by atoms with Gasteiger partial charge >= 0.3 is 0 Å². The van der Waals surface area contributed by atoms with Crippen LogP contribution in [-0.4, -0.2) is 23.3 Å². The number of halogens is 1. The van der Waals surface area contributed by atoms with Crippen molar-refractivity contribution in [2.24, 2.45) is 5.73 Å². The standard InChI is InChI=1S/C12H13FN2O2/c13-9-3-1-2-8(6-9)10(14)7-15-11(16)4-5-12(15)17/h1-3,6,10H,4-5,7,14H2. The molecule has 1 fully saturated rings. The van der Waals surface area contributed by atoms with E-state index in [0.29, 0.717) is 5.56 Å². The molecule has 2 N–H and O–H groups in total. The minimum atomic E-state index is -0.545. The van der Waals surface area contributed by atoms with E-state index in [-0.39, 0.29) is 37.0 Å². The van der Waals surface area contributed by atoms with Crippen LogP contribution in [-0.2, 0) is 9.59 Å². The molecule has 2 amide bonds. The van der Waals surface area contributed by atoms with E-state index in [2.05, 4.69) is 0 Å². The SMILES string of the molecule is NC(CN1C(=O)CCC1=O)c1cccc(F)c1. The van der Waals surface area contributed by atoms with E-state index in [0.717, 1.165) is 4.90 Å². The van der Waals surface area contributed by atoms with E-state index in [4.69, 9.17) is 5.73 Å². The lowest BCUT2D eigenvalue weighted by atomic mass is 10.1. The molecule has 1 heterocycles. The Labute approximate surface area is 98.2 Å². The molecule has 0 aliphatic carbocycles. The van der Waals surface area contributed by atoms with E-state index in [9.17, 15) is 14.0 Å². The van der Waals surface area contributed by atoms with E-state index in [1.807, 2.05) is 0 Å². The van der Waals surface area contributed by atoms with Gasteiger partial charge in [0.2, 0.25) is 11.8 Å². The number of benzene rings is 1. The third-order valence-electron chi connectivity index (χ3n) is 2.81. The quantitative estimate of drug-likeness (QED) is 0.795. The van der Waals surface area contributed by atoms with Crippen LogP contribution in [0, 0.1) is 5.82 Å². The van der Waals surface area contributed by atoms with Gasteiger partial charge < -0.3 is 5.73 Å². The van der Waals surface area contributed by atoms with Crippen molar-refractivity contribution >= 4 is 11.8 Å². The number of nitrogens with zero attached hydrogens (tertiary/aromatic N) is 1. The summed E-state index contributed by atoms with van der Waals surface area (Å²) in [6.07, 6.45) is 0.489. The van der Waals surface area contributed by atoms with Crippen LogP contribution in [0.3, 0.4) is 0 Å². The number of amides is 2. The fraction of sp³-hybridized carbons (Fsp3) is 0.333. The second kappa shape index (κ2) is 4.63. The molecule has 1 aliphatic heterocycles. The Hall–Kier alpha value is -1.75. The summed E-state index contributed by atoms with van der Waals surface area (Å²) in [6.45, 7) is 0.112. The molecular formula is C12H13FN2O2. The van der Waals surface area contributed by atoms with Gasteiger partial charge in [-0.1, -0.05) is 12.1 Å². The average molecular weight is 236 g/mol. The third kappa shape index (κ3) is 2.50. The van der Waals surface area contributed by atoms with E-state index in [1.54, 1.807) is 12.1 Å². The molecule has 1 unspecified atom stereocenters. The Morgan fingerprint density at radius 3 is 2.53 bits per heavy atom. The van der Waals surface area contributed by atoms with Crippen LogP contribution in [0.4, 0.5) is 4.39 Å². The highest BCUT2D eigenvalue weighted by Gasteiger charge is 2.30. The number of likely N-dealkylation sites (tertiary alicyclic amines) is 1. The summed E-state index contributed by atoms with van der Waals surface area (Å²) in [5.41, 5.74) is 6.44. The van der Waals surface area contributed by atoms with E-state index < -0.39 is 6.04 Å². The Balaban J connectivity index is 2.09. The largest absolute Gasteiger partial charge is 0.322 e. The summed E-state index contributed by atoms with van der Waals surface area (Å²) < 4.78 is 13.0. The fourth-order valence-corrected chi connectivity index (χ4v) is 1.87. The van der Waals surface area contributed by atoms with Crippen molar-refractivity contribution in [1.82, 2.24) is 4.90 Å². The summed E-state index contributed by atoms with van der Waals surface area (Å²) in [5, 5.41) is 0. The van der Waals surface area contributed by atoms with Crippen LogP contribution in [0.15, 0.2) is 24.3 Å². The molecule has 1 atom stereocenters. The van der Waals surface area contributed by atoms with Crippen LogP contribution >= 0.6 is 0 Å². The van der Waals surface area contributed by atoms with Crippen LogP contribution in [0.5, 0.6) is 0 Å². The maximum absolute atomic E-state index is 13.0. The van der Waals surface area contributed by atoms with Gasteiger partial charge in [0.25, 0.3) is 0 Å². The van der Waals surface area contributed by atoms with Gasteiger partial charge in [0.1, 0.15) is 5.82 Å². The maximum Gasteiger partial charge on any atom is 0.229 e. The van der Waals surface area contributed by atoms with Crippen molar-refractivity contribution in [2.45, 2.75) is 18.9 Å². The van der Waals surface area contributed by atoms with Gasteiger partial charge in [-0.25, -0.2) is 4.39 Å². The second-order valence-electron chi connectivity index (χ2n) is 4.06. The Morgan fingerprint density at radius 1 is 1.29 bits per heavy atom. The maximum atomic E-state index is 13.0. The van der Waals surface area contributed by atoms with Crippen molar-refractivity contribution in [3.63, 3.8) is 0 Å². The highest BCUT2D eigenvalue weighted by molar-refractivity contribution is 6.01. The number of rotatable bonds is 3. The lowest BCUT2D eigenvalue weighted by Crippen LogP contribution is -2.36. The molecule has 1 aromatic rings. The van der Waals surface area contributed by atoms with Crippen LogP contribution in [0.2, 0.25) is 0 Å². The molecule has 1 saturated heterocycles. The third-order valence-corrected chi connectivity index (χ3v) is 2.81. The van der Waals surface area contributed by atoms with Crippen molar-refractivity contribution < 1.29 is 14.0 Å². The van der Waals surface area contributed by atoms with Crippen molar-refractivity contribution in [3.05, 3.63) is 35.6 Å². The summed E-state index contributed by atoms with van der Waals surface area (Å²) in [4.78, 5) is 23.9. The highest BCUT2D eigenvalue weighted by atomic mass is 19.1. The molecule has 2 rings (SSSR count). The topological polar surface area (TPSA) is 63.4 Å². The molecule has 0 radical (unpaired) electrons. The first-order chi connectivity index (χ1) is 8.08. The summed E-state index contributed by atoms with van der Waals surface area (Å²) in [6, 6.07) is 5.33. The first kappa shape index (κ1) is 11.7. The molecule has 0 aromatic heterocycles. The minimum Gasteiger partial charge on any atom is -0.322 e. The molecule has 4 nitrogen and oxygen atoms in total. The van der Waals surface area contributed by atoms with Gasteiger partial charge in [0.15, 0.2) is 0 Å². The summed E-state index contributed by atoms with van der Waals surface area (Å²) >= 11 is 0. The zero-order valence-electron chi connectivity index (χ0n) is 9.23. The monoisotopic (exact) mass is 236 g/mol. The van der Waals surface area contributed by atoms with Crippen molar-refractivity contribution in [3.8, 4) is 0 Å². The highest BCUT2D eigenvalue weighted by Crippen LogP contribution is 2.18. The molecule has 5 heteroatoms. The summed E-state index contributed by atoms with van der Waals surface area (Å²) in [7, 11) is 0. The van der Waals surface area contributed by atoms with Crippen LogP contribution in [0.1, 0.15) is 24.4 Å². The number of hydrogen-bond donors (Lipinski definition) is 1. The van der Waals surface area contributed by atoms with Gasteiger partial charge in [-0.2, -0.15) is 0 Å². The Morgan fingerprint density at radius 2 is 1.94 bits per heavy atom. The molecule has 1 aromatic carbocycles. The average Bonchev–Trinajstić information content (AvgIpc) is 2.61. The Bertz CT molecular complexity index is 446. The molecular weight excluding hydrogens is 223 g/mol. The predicted octanol–water partition coefficient (Wildman–Crippen LogP) is 0.974. The number of nitrogens with two attached hydrogens (primary N) is 1. The van der Waals surface area contributed by atoms with Gasteiger partial charge in [0, 0.05) is 25.4 Å².